The lowest BCUT2D eigenvalue weighted by Gasteiger charge is -2.37. The largest absolute Gasteiger partial charge is 0.497 e. The van der Waals surface area contributed by atoms with Crippen LogP contribution in [0.15, 0.2) is 18.2 Å². The third kappa shape index (κ3) is 4.58. The molecule has 7 nitrogen and oxygen atoms in total. The molecule has 28 heavy (non-hydrogen) atoms. The van der Waals surface area contributed by atoms with E-state index in [0.717, 1.165) is 43.2 Å². The molecular formula is C21H31N3O4. The van der Waals surface area contributed by atoms with E-state index in [1.807, 2.05) is 41.8 Å². The second kappa shape index (κ2) is 9.28. The van der Waals surface area contributed by atoms with Crippen molar-refractivity contribution < 1.29 is 19.1 Å². The van der Waals surface area contributed by atoms with Crippen molar-refractivity contribution in [2.24, 2.45) is 5.92 Å². The maximum absolute atomic E-state index is 12.9. The molecule has 0 N–H and O–H groups in total. The summed E-state index contributed by atoms with van der Waals surface area (Å²) in [7, 11) is 1.63. The van der Waals surface area contributed by atoms with Crippen LogP contribution in [-0.4, -0.2) is 86.0 Å². The van der Waals surface area contributed by atoms with Gasteiger partial charge in [-0.1, -0.05) is 6.07 Å². The Morgan fingerprint density at radius 2 is 1.89 bits per heavy atom. The molecule has 2 amide bonds. The van der Waals surface area contributed by atoms with Crippen LogP contribution in [0.5, 0.6) is 11.5 Å². The molecule has 0 radical (unpaired) electrons. The molecule has 2 aliphatic heterocycles. The first-order valence-electron chi connectivity index (χ1n) is 10.1. The first kappa shape index (κ1) is 20.5. The van der Waals surface area contributed by atoms with Gasteiger partial charge in [-0.3, -0.25) is 14.5 Å². The van der Waals surface area contributed by atoms with Crippen LogP contribution in [-0.2, 0) is 16.0 Å². The highest BCUT2D eigenvalue weighted by Gasteiger charge is 2.32. The van der Waals surface area contributed by atoms with Crippen molar-refractivity contribution in [1.82, 2.24) is 14.7 Å². The van der Waals surface area contributed by atoms with Crippen molar-refractivity contribution in [1.29, 1.82) is 0 Å². The predicted molar refractivity (Wildman–Crippen MR) is 107 cm³/mol. The summed E-state index contributed by atoms with van der Waals surface area (Å²) in [4.78, 5) is 31.1. The lowest BCUT2D eigenvalue weighted by molar-refractivity contribution is -0.139. The standard InChI is InChI=1S/C21H31N3O4/c1-4-23(5-2)20(25)14-22-8-10-24(11-9-22)21(26)17-12-16-6-7-18(27-3)13-19(16)28-15-17/h6-7,13,17H,4-5,8-12,14-15H2,1-3H3/t17-/m0/s1. The van der Waals surface area contributed by atoms with Crippen LogP contribution in [0.2, 0.25) is 0 Å². The zero-order valence-corrected chi connectivity index (χ0v) is 17.1. The Hall–Kier alpha value is -2.28. The molecule has 2 heterocycles. The molecule has 1 saturated heterocycles. The zero-order chi connectivity index (χ0) is 20.1. The van der Waals surface area contributed by atoms with Crippen molar-refractivity contribution in [2.45, 2.75) is 20.3 Å². The second-order valence-electron chi connectivity index (χ2n) is 7.35. The minimum atomic E-state index is -0.148. The highest BCUT2D eigenvalue weighted by atomic mass is 16.5. The summed E-state index contributed by atoms with van der Waals surface area (Å²) in [5.41, 5.74) is 1.05. The van der Waals surface area contributed by atoms with Gasteiger partial charge < -0.3 is 19.3 Å². The average molecular weight is 389 g/mol. The smallest absolute Gasteiger partial charge is 0.236 e. The third-order valence-electron chi connectivity index (χ3n) is 5.69. The lowest BCUT2D eigenvalue weighted by Crippen LogP contribution is -2.53. The van der Waals surface area contributed by atoms with E-state index in [1.54, 1.807) is 7.11 Å². The zero-order valence-electron chi connectivity index (χ0n) is 17.1. The molecule has 0 aliphatic carbocycles. The van der Waals surface area contributed by atoms with Gasteiger partial charge in [0.25, 0.3) is 0 Å². The summed E-state index contributed by atoms with van der Waals surface area (Å²) in [6.45, 7) is 9.11. The Morgan fingerprint density at radius 1 is 1.18 bits per heavy atom. The van der Waals surface area contributed by atoms with Gasteiger partial charge in [0.15, 0.2) is 0 Å². The Balaban J connectivity index is 1.51. The van der Waals surface area contributed by atoms with Crippen LogP contribution in [0.3, 0.4) is 0 Å². The van der Waals surface area contributed by atoms with Gasteiger partial charge in [-0.05, 0) is 31.9 Å². The van der Waals surface area contributed by atoms with Gasteiger partial charge in [0.1, 0.15) is 18.1 Å². The average Bonchev–Trinajstić information content (AvgIpc) is 2.74. The van der Waals surface area contributed by atoms with Crippen molar-refractivity contribution in [3.63, 3.8) is 0 Å². The molecule has 1 atom stereocenters. The number of methoxy groups -OCH3 is 1. The number of nitrogens with zero attached hydrogens (tertiary/aromatic N) is 3. The molecule has 0 aromatic heterocycles. The first-order valence-corrected chi connectivity index (χ1v) is 10.1. The Morgan fingerprint density at radius 3 is 2.54 bits per heavy atom. The predicted octanol–water partition coefficient (Wildman–Crippen LogP) is 1.26. The number of ether oxygens (including phenoxy) is 2. The fourth-order valence-corrected chi connectivity index (χ4v) is 3.89. The van der Waals surface area contributed by atoms with Crippen LogP contribution in [0.25, 0.3) is 0 Å². The van der Waals surface area contributed by atoms with Gasteiger partial charge in [-0.15, -0.1) is 0 Å². The fourth-order valence-electron chi connectivity index (χ4n) is 3.89. The minimum Gasteiger partial charge on any atom is -0.497 e. The van der Waals surface area contributed by atoms with Gasteiger partial charge in [-0.2, -0.15) is 0 Å². The van der Waals surface area contributed by atoms with Gasteiger partial charge in [0.05, 0.1) is 19.6 Å². The molecule has 154 valence electrons. The number of benzene rings is 1. The van der Waals surface area contributed by atoms with Crippen molar-refractivity contribution in [2.75, 3.05) is 59.5 Å². The second-order valence-corrected chi connectivity index (χ2v) is 7.35. The molecule has 1 aromatic rings. The van der Waals surface area contributed by atoms with E-state index >= 15 is 0 Å². The summed E-state index contributed by atoms with van der Waals surface area (Å²) in [6.07, 6.45) is 0.693. The molecule has 0 bridgehead atoms. The molecule has 2 aliphatic rings. The number of rotatable bonds is 6. The lowest BCUT2D eigenvalue weighted by atomic mass is 9.95. The van der Waals surface area contributed by atoms with E-state index in [1.165, 1.54) is 0 Å². The summed E-state index contributed by atoms with van der Waals surface area (Å²) in [5, 5.41) is 0. The van der Waals surface area contributed by atoms with Gasteiger partial charge in [-0.25, -0.2) is 0 Å². The van der Waals surface area contributed by atoms with Crippen molar-refractivity contribution in [3.05, 3.63) is 23.8 Å². The molecule has 0 unspecified atom stereocenters. The van der Waals surface area contributed by atoms with Crippen LogP contribution >= 0.6 is 0 Å². The summed E-state index contributed by atoms with van der Waals surface area (Å²) in [6, 6.07) is 5.76. The number of hydrogen-bond acceptors (Lipinski definition) is 5. The highest BCUT2D eigenvalue weighted by molar-refractivity contribution is 5.80. The van der Waals surface area contributed by atoms with Crippen molar-refractivity contribution >= 4 is 11.8 Å². The number of fused-ring (bicyclic) bond motifs is 1. The normalized spacial score (nSPS) is 19.5. The minimum absolute atomic E-state index is 0.148. The third-order valence-corrected chi connectivity index (χ3v) is 5.69. The quantitative estimate of drug-likeness (QED) is 0.733. The Kier molecular flexibility index (Phi) is 6.78. The number of amides is 2. The van der Waals surface area contributed by atoms with Gasteiger partial charge in [0, 0.05) is 45.3 Å². The van der Waals surface area contributed by atoms with Crippen molar-refractivity contribution in [3.8, 4) is 11.5 Å². The topological polar surface area (TPSA) is 62.3 Å². The number of carbonyl (C=O) groups is 2. The number of likely N-dealkylation sites (N-methyl/N-ethyl adjacent to an activating group) is 1. The summed E-state index contributed by atoms with van der Waals surface area (Å²) in [5.74, 6) is 1.74. The Labute approximate surface area is 167 Å². The van der Waals surface area contributed by atoms with Crippen LogP contribution in [0, 0.1) is 5.92 Å². The maximum Gasteiger partial charge on any atom is 0.236 e. The van der Waals surface area contributed by atoms with E-state index in [9.17, 15) is 9.59 Å². The molecule has 7 heteroatoms. The number of piperazine rings is 1. The monoisotopic (exact) mass is 389 g/mol. The van der Waals surface area contributed by atoms with Gasteiger partial charge in [0.2, 0.25) is 11.8 Å². The SMILES string of the molecule is CCN(CC)C(=O)CN1CCN(C(=O)[C@@H]2COc3cc(OC)ccc3C2)CC1. The van der Waals surface area contributed by atoms with Gasteiger partial charge >= 0.3 is 0 Å². The van der Waals surface area contributed by atoms with Crippen LogP contribution in [0.1, 0.15) is 19.4 Å². The van der Waals surface area contributed by atoms with E-state index in [4.69, 9.17) is 9.47 Å². The molecule has 1 fully saturated rings. The maximum atomic E-state index is 12.9. The number of carbonyl (C=O) groups excluding carboxylic acids is 2. The number of hydrogen-bond donors (Lipinski definition) is 0. The molecule has 3 rings (SSSR count). The summed E-state index contributed by atoms with van der Waals surface area (Å²) < 4.78 is 11.1. The van der Waals surface area contributed by atoms with E-state index < -0.39 is 0 Å². The van der Waals surface area contributed by atoms with E-state index in [-0.39, 0.29) is 17.7 Å². The molecular weight excluding hydrogens is 358 g/mol. The van der Waals surface area contributed by atoms with E-state index in [2.05, 4.69) is 4.90 Å². The van der Waals surface area contributed by atoms with E-state index in [0.29, 0.717) is 32.7 Å². The fraction of sp³-hybridized carbons (Fsp3) is 0.619. The van der Waals surface area contributed by atoms with Crippen LogP contribution < -0.4 is 9.47 Å². The highest BCUT2D eigenvalue weighted by Crippen LogP contribution is 2.31. The summed E-state index contributed by atoms with van der Waals surface area (Å²) >= 11 is 0. The molecule has 0 saturated carbocycles. The molecule has 0 spiro atoms. The molecule has 1 aromatic carbocycles. The van der Waals surface area contributed by atoms with Crippen LogP contribution in [0.4, 0.5) is 0 Å². The Bertz CT molecular complexity index is 697. The first-order chi connectivity index (χ1) is 13.5.